The lowest BCUT2D eigenvalue weighted by molar-refractivity contribution is 0.0757. The molecule has 24 heavy (non-hydrogen) atoms. The van der Waals surface area contributed by atoms with Crippen molar-refractivity contribution in [3.8, 4) is 6.07 Å². The number of rotatable bonds is 2. The van der Waals surface area contributed by atoms with Crippen molar-refractivity contribution >= 4 is 27.7 Å². The smallest absolute Gasteiger partial charge is 0.270 e. The van der Waals surface area contributed by atoms with Gasteiger partial charge in [-0.15, -0.1) is 0 Å². The number of aromatic nitrogens is 2. The Kier molecular flexibility index (Phi) is 4.86. The van der Waals surface area contributed by atoms with Gasteiger partial charge in [0.2, 0.25) is 0 Å². The van der Waals surface area contributed by atoms with Crippen molar-refractivity contribution in [1.82, 2.24) is 14.5 Å². The van der Waals surface area contributed by atoms with Gasteiger partial charge in [-0.1, -0.05) is 0 Å². The summed E-state index contributed by atoms with van der Waals surface area (Å²) in [5.41, 5.74) is 1.24. The van der Waals surface area contributed by atoms with E-state index in [1.165, 1.54) is 0 Å². The third-order valence-corrected chi connectivity index (χ3v) is 4.61. The monoisotopic (exact) mass is 387 g/mol. The van der Waals surface area contributed by atoms with Crippen LogP contribution in [0.5, 0.6) is 0 Å². The van der Waals surface area contributed by atoms with Crippen LogP contribution in [0.1, 0.15) is 22.5 Å². The summed E-state index contributed by atoms with van der Waals surface area (Å²) in [6, 6.07) is 7.58. The third-order valence-electron chi connectivity index (χ3n) is 4.18. The summed E-state index contributed by atoms with van der Waals surface area (Å²) in [5, 5.41) is 9.25. The van der Waals surface area contributed by atoms with Crippen molar-refractivity contribution in [3.63, 3.8) is 0 Å². The summed E-state index contributed by atoms with van der Waals surface area (Å²) < 4.78 is 2.73. The molecule has 1 saturated heterocycles. The lowest BCUT2D eigenvalue weighted by Gasteiger charge is -2.23. The standard InChI is InChI=1S/C17H18BrN5O/c1-21-12-14(18)10-15(21)17(24)23-7-3-6-22(8-9-23)16-13(11-19)4-2-5-20-16/h2,4-5,10,12H,3,6-9H2,1H3. The molecule has 3 heterocycles. The van der Waals surface area contributed by atoms with Crippen LogP contribution in [0.25, 0.3) is 0 Å². The average Bonchev–Trinajstić information content (AvgIpc) is 2.79. The highest BCUT2D eigenvalue weighted by Crippen LogP contribution is 2.20. The zero-order chi connectivity index (χ0) is 17.1. The maximum atomic E-state index is 12.8. The molecule has 0 N–H and O–H groups in total. The minimum Gasteiger partial charge on any atom is -0.354 e. The first kappa shape index (κ1) is 16.5. The van der Waals surface area contributed by atoms with E-state index in [0.717, 1.165) is 17.4 Å². The Morgan fingerprint density at radius 2 is 2.17 bits per heavy atom. The Balaban J connectivity index is 1.75. The van der Waals surface area contributed by atoms with E-state index in [0.29, 0.717) is 36.7 Å². The molecule has 0 saturated carbocycles. The second kappa shape index (κ2) is 7.05. The molecular formula is C17H18BrN5O. The molecule has 0 spiro atoms. The van der Waals surface area contributed by atoms with Crippen molar-refractivity contribution in [2.75, 3.05) is 31.1 Å². The Labute approximate surface area is 149 Å². The number of aryl methyl sites for hydroxylation is 1. The quantitative estimate of drug-likeness (QED) is 0.793. The van der Waals surface area contributed by atoms with Gasteiger partial charge in [-0.25, -0.2) is 4.98 Å². The number of nitriles is 1. The Bertz CT molecular complexity index is 795. The largest absolute Gasteiger partial charge is 0.354 e. The predicted octanol–water partition coefficient (Wildman–Crippen LogP) is 2.41. The number of hydrogen-bond acceptors (Lipinski definition) is 4. The van der Waals surface area contributed by atoms with E-state index in [1.54, 1.807) is 18.3 Å². The summed E-state index contributed by atoms with van der Waals surface area (Å²) in [5.74, 6) is 0.738. The number of carbonyl (C=O) groups is 1. The molecule has 0 radical (unpaired) electrons. The third kappa shape index (κ3) is 3.29. The molecule has 1 aliphatic heterocycles. The molecule has 0 bridgehead atoms. The molecule has 0 unspecified atom stereocenters. The van der Waals surface area contributed by atoms with E-state index >= 15 is 0 Å². The van der Waals surface area contributed by atoms with Crippen molar-refractivity contribution in [1.29, 1.82) is 5.26 Å². The average molecular weight is 388 g/mol. The van der Waals surface area contributed by atoms with Crippen LogP contribution < -0.4 is 4.90 Å². The molecule has 0 atom stereocenters. The van der Waals surface area contributed by atoms with Crippen LogP contribution >= 0.6 is 15.9 Å². The second-order valence-corrected chi connectivity index (χ2v) is 6.69. The maximum absolute atomic E-state index is 12.8. The van der Waals surface area contributed by atoms with E-state index in [4.69, 9.17) is 0 Å². The number of anilines is 1. The maximum Gasteiger partial charge on any atom is 0.270 e. The molecule has 1 aliphatic rings. The first-order chi connectivity index (χ1) is 11.6. The summed E-state index contributed by atoms with van der Waals surface area (Å²) in [6.45, 7) is 2.77. The van der Waals surface area contributed by atoms with Crippen LogP contribution in [-0.4, -0.2) is 46.5 Å². The highest BCUT2D eigenvalue weighted by atomic mass is 79.9. The van der Waals surface area contributed by atoms with Crippen molar-refractivity contribution in [2.24, 2.45) is 7.05 Å². The van der Waals surface area contributed by atoms with Gasteiger partial charge in [-0.2, -0.15) is 5.26 Å². The minimum absolute atomic E-state index is 0.0339. The van der Waals surface area contributed by atoms with Gasteiger partial charge in [0.05, 0.1) is 5.56 Å². The van der Waals surface area contributed by atoms with Crippen LogP contribution in [-0.2, 0) is 7.05 Å². The molecule has 0 aromatic carbocycles. The summed E-state index contributed by atoms with van der Waals surface area (Å²) >= 11 is 3.41. The van der Waals surface area contributed by atoms with Crippen LogP contribution in [0.4, 0.5) is 5.82 Å². The topological polar surface area (TPSA) is 65.2 Å². The van der Waals surface area contributed by atoms with Crippen molar-refractivity contribution in [2.45, 2.75) is 6.42 Å². The molecule has 2 aromatic heterocycles. The fraction of sp³-hybridized carbons (Fsp3) is 0.353. The van der Waals surface area contributed by atoms with E-state index in [2.05, 4.69) is 31.9 Å². The number of hydrogen-bond donors (Lipinski definition) is 0. The molecule has 1 fully saturated rings. The predicted molar refractivity (Wildman–Crippen MR) is 94.8 cm³/mol. The fourth-order valence-corrected chi connectivity index (χ4v) is 3.49. The van der Waals surface area contributed by atoms with Crippen LogP contribution in [0.3, 0.4) is 0 Å². The lowest BCUT2D eigenvalue weighted by atomic mass is 10.2. The molecule has 124 valence electrons. The Hall–Kier alpha value is -2.33. The Morgan fingerprint density at radius 3 is 2.88 bits per heavy atom. The van der Waals surface area contributed by atoms with Crippen LogP contribution in [0, 0.1) is 11.3 Å². The summed E-state index contributed by atoms with van der Waals surface area (Å²) in [4.78, 5) is 21.1. The molecule has 7 heteroatoms. The lowest BCUT2D eigenvalue weighted by Crippen LogP contribution is -2.36. The van der Waals surface area contributed by atoms with Gasteiger partial charge in [0.1, 0.15) is 17.6 Å². The molecule has 2 aromatic rings. The van der Waals surface area contributed by atoms with E-state index < -0.39 is 0 Å². The Morgan fingerprint density at radius 1 is 1.33 bits per heavy atom. The minimum atomic E-state index is 0.0339. The molecule has 3 rings (SSSR count). The number of amides is 1. The molecule has 6 nitrogen and oxygen atoms in total. The van der Waals surface area contributed by atoms with Gasteiger partial charge in [0.15, 0.2) is 0 Å². The normalized spacial score (nSPS) is 15.0. The molecule has 0 aliphatic carbocycles. The van der Waals surface area contributed by atoms with E-state index in [1.807, 2.05) is 28.8 Å². The van der Waals surface area contributed by atoms with Crippen LogP contribution in [0.15, 0.2) is 35.1 Å². The first-order valence-electron chi connectivity index (χ1n) is 7.81. The van der Waals surface area contributed by atoms with Gasteiger partial charge in [-0.05, 0) is 40.5 Å². The van der Waals surface area contributed by atoms with Gasteiger partial charge >= 0.3 is 0 Å². The van der Waals surface area contributed by atoms with Crippen LogP contribution in [0.2, 0.25) is 0 Å². The van der Waals surface area contributed by atoms with E-state index in [9.17, 15) is 10.1 Å². The van der Waals surface area contributed by atoms with Crippen molar-refractivity contribution < 1.29 is 4.79 Å². The summed E-state index contributed by atoms with van der Waals surface area (Å²) in [6.07, 6.45) is 4.43. The van der Waals surface area contributed by atoms with Gasteiger partial charge in [0.25, 0.3) is 5.91 Å². The van der Waals surface area contributed by atoms with Gasteiger partial charge in [-0.3, -0.25) is 4.79 Å². The van der Waals surface area contributed by atoms with Gasteiger partial charge < -0.3 is 14.4 Å². The number of carbonyl (C=O) groups excluding carboxylic acids is 1. The second-order valence-electron chi connectivity index (χ2n) is 5.77. The van der Waals surface area contributed by atoms with E-state index in [-0.39, 0.29) is 5.91 Å². The highest BCUT2D eigenvalue weighted by Gasteiger charge is 2.23. The number of nitrogens with zero attached hydrogens (tertiary/aromatic N) is 5. The fourth-order valence-electron chi connectivity index (χ4n) is 2.97. The zero-order valence-electron chi connectivity index (χ0n) is 13.4. The molecule has 1 amide bonds. The SMILES string of the molecule is Cn1cc(Br)cc1C(=O)N1CCCN(c2ncccc2C#N)CC1. The zero-order valence-corrected chi connectivity index (χ0v) is 15.0. The number of pyridine rings is 1. The molecular weight excluding hydrogens is 370 g/mol. The van der Waals surface area contributed by atoms with Gasteiger partial charge in [0, 0.05) is 50.1 Å². The summed E-state index contributed by atoms with van der Waals surface area (Å²) in [7, 11) is 1.87. The van der Waals surface area contributed by atoms with Crippen molar-refractivity contribution in [3.05, 3.63) is 46.3 Å². The number of halogens is 1. The highest BCUT2D eigenvalue weighted by molar-refractivity contribution is 9.10. The first-order valence-corrected chi connectivity index (χ1v) is 8.60.